The Morgan fingerprint density at radius 2 is 2.03 bits per heavy atom. The van der Waals surface area contributed by atoms with Crippen LogP contribution in [0.2, 0.25) is 0 Å². The van der Waals surface area contributed by atoms with Gasteiger partial charge in [-0.3, -0.25) is 9.69 Å². The van der Waals surface area contributed by atoms with Crippen molar-refractivity contribution in [2.45, 2.75) is 19.4 Å². The number of piperidine rings is 1. The van der Waals surface area contributed by atoms with E-state index in [4.69, 9.17) is 24.9 Å². The Morgan fingerprint density at radius 3 is 2.89 bits per heavy atom. The first kappa shape index (κ1) is 23.0. The number of aromatic nitrogens is 1. The second-order valence-electron chi connectivity index (χ2n) is 8.89. The molecule has 3 heterocycles. The molecule has 1 unspecified atom stereocenters. The highest BCUT2D eigenvalue weighted by Crippen LogP contribution is 2.40. The van der Waals surface area contributed by atoms with Gasteiger partial charge in [0.2, 0.25) is 11.8 Å². The van der Waals surface area contributed by atoms with Gasteiger partial charge in [-0.25, -0.2) is 4.98 Å². The van der Waals surface area contributed by atoms with E-state index in [1.165, 1.54) is 0 Å². The fourth-order valence-corrected chi connectivity index (χ4v) is 4.71. The number of carbonyl (C=O) groups excluding carboxylic acids is 1. The van der Waals surface area contributed by atoms with Gasteiger partial charge in [-0.1, -0.05) is 18.2 Å². The van der Waals surface area contributed by atoms with Crippen LogP contribution in [-0.4, -0.2) is 49.2 Å². The summed E-state index contributed by atoms with van der Waals surface area (Å²) < 4.78 is 17.2. The first-order chi connectivity index (χ1) is 17.1. The number of anilines is 2. The lowest BCUT2D eigenvalue weighted by molar-refractivity contribution is -0.123. The first-order valence-electron chi connectivity index (χ1n) is 11.9. The van der Waals surface area contributed by atoms with Crippen molar-refractivity contribution in [3.8, 4) is 28.6 Å². The Labute approximate surface area is 205 Å². The van der Waals surface area contributed by atoms with Crippen LogP contribution >= 0.6 is 0 Å². The molecule has 8 heteroatoms. The minimum atomic E-state index is -0.205. The Hall–Kier alpha value is -3.78. The largest absolute Gasteiger partial charge is 0.486 e. The fourth-order valence-electron chi connectivity index (χ4n) is 4.71. The summed E-state index contributed by atoms with van der Waals surface area (Å²) in [5.41, 5.74) is 10.0. The molecule has 3 N–H and O–H groups in total. The number of ether oxygens (including phenoxy) is 3. The van der Waals surface area contributed by atoms with Crippen LogP contribution in [-0.2, 0) is 11.3 Å². The highest BCUT2D eigenvalue weighted by molar-refractivity contribution is 5.77. The lowest BCUT2D eigenvalue weighted by Gasteiger charge is -2.31. The molecule has 0 spiro atoms. The standard InChI is InChI=1S/C27H30N4O4/c1-33-27-23(11-10-22(30-27)21-8-3-9-24-25(21)35-14-13-34-24)29-20-7-2-5-18(15-20)16-31-12-4-6-19(17-31)26(28)32/h2-3,5,7-11,15,19,29H,4,6,12-14,16-17H2,1H3,(H2,28,32). The summed E-state index contributed by atoms with van der Waals surface area (Å²) in [4.78, 5) is 18.6. The number of carbonyl (C=O) groups is 1. The molecule has 1 aromatic heterocycles. The summed E-state index contributed by atoms with van der Waals surface area (Å²) in [6.07, 6.45) is 1.86. The Bertz CT molecular complexity index is 1220. The summed E-state index contributed by atoms with van der Waals surface area (Å²) in [5, 5.41) is 3.43. The molecular weight excluding hydrogens is 444 g/mol. The molecule has 0 saturated carbocycles. The zero-order valence-corrected chi connectivity index (χ0v) is 19.8. The molecule has 1 fully saturated rings. The number of nitrogens with zero attached hydrogens (tertiary/aromatic N) is 2. The van der Waals surface area contributed by atoms with Gasteiger partial charge in [-0.2, -0.15) is 0 Å². The molecule has 0 radical (unpaired) electrons. The quantitative estimate of drug-likeness (QED) is 0.535. The Kier molecular flexibility index (Phi) is 6.72. The van der Waals surface area contributed by atoms with Crippen LogP contribution in [0.25, 0.3) is 11.3 Å². The third kappa shape index (κ3) is 5.17. The second kappa shape index (κ2) is 10.2. The molecule has 1 atom stereocenters. The number of benzene rings is 2. The van der Waals surface area contributed by atoms with Gasteiger partial charge in [-0.15, -0.1) is 0 Å². The van der Waals surface area contributed by atoms with Gasteiger partial charge in [0.25, 0.3) is 0 Å². The van der Waals surface area contributed by atoms with Gasteiger partial charge in [0, 0.05) is 24.3 Å². The van der Waals surface area contributed by atoms with Crippen molar-refractivity contribution in [2.24, 2.45) is 11.7 Å². The summed E-state index contributed by atoms with van der Waals surface area (Å²) in [6, 6.07) is 17.9. The number of pyridine rings is 1. The number of nitrogens with one attached hydrogen (secondary N) is 1. The van der Waals surface area contributed by atoms with E-state index in [-0.39, 0.29) is 11.8 Å². The number of methoxy groups -OCH3 is 1. The number of primary amides is 1. The normalized spacial score (nSPS) is 17.6. The van der Waals surface area contributed by atoms with Gasteiger partial charge in [0.1, 0.15) is 18.9 Å². The first-order valence-corrected chi connectivity index (χ1v) is 11.9. The molecule has 3 aromatic rings. The van der Waals surface area contributed by atoms with Crippen molar-refractivity contribution in [1.82, 2.24) is 9.88 Å². The predicted octanol–water partition coefficient (Wildman–Crippen LogP) is 3.97. The summed E-state index contributed by atoms with van der Waals surface area (Å²) in [6.45, 7) is 3.51. The van der Waals surface area contributed by atoms with Gasteiger partial charge >= 0.3 is 0 Å². The van der Waals surface area contributed by atoms with Crippen molar-refractivity contribution in [1.29, 1.82) is 0 Å². The van der Waals surface area contributed by atoms with Crippen LogP contribution in [0, 0.1) is 5.92 Å². The number of rotatable bonds is 7. The zero-order chi connectivity index (χ0) is 24.2. The maximum Gasteiger partial charge on any atom is 0.238 e. The SMILES string of the molecule is COc1nc(-c2cccc3c2OCCO3)ccc1Nc1cccc(CN2CCCC(C(N)=O)C2)c1. The molecule has 8 nitrogen and oxygen atoms in total. The maximum absolute atomic E-state index is 11.6. The van der Waals surface area contributed by atoms with Gasteiger partial charge in [0.05, 0.1) is 18.7 Å². The van der Waals surface area contributed by atoms with E-state index in [0.717, 1.165) is 59.9 Å². The predicted molar refractivity (Wildman–Crippen MR) is 134 cm³/mol. The fraction of sp³-hybridized carbons (Fsp3) is 0.333. The zero-order valence-electron chi connectivity index (χ0n) is 19.8. The molecule has 5 rings (SSSR count). The molecule has 0 aliphatic carbocycles. The number of hydrogen-bond acceptors (Lipinski definition) is 7. The van der Waals surface area contributed by atoms with Crippen LogP contribution in [0.3, 0.4) is 0 Å². The summed E-state index contributed by atoms with van der Waals surface area (Å²) in [5.74, 6) is 1.65. The lowest BCUT2D eigenvalue weighted by atomic mass is 9.97. The van der Waals surface area contributed by atoms with Crippen molar-refractivity contribution in [3.05, 3.63) is 60.2 Å². The highest BCUT2D eigenvalue weighted by Gasteiger charge is 2.24. The van der Waals surface area contributed by atoms with Gasteiger partial charge in [0.15, 0.2) is 11.5 Å². The van der Waals surface area contributed by atoms with E-state index >= 15 is 0 Å². The highest BCUT2D eigenvalue weighted by atomic mass is 16.6. The van der Waals surface area contributed by atoms with E-state index in [1.54, 1.807) is 7.11 Å². The van der Waals surface area contributed by atoms with Crippen LogP contribution in [0.4, 0.5) is 11.4 Å². The lowest BCUT2D eigenvalue weighted by Crippen LogP contribution is -2.40. The smallest absolute Gasteiger partial charge is 0.238 e. The summed E-state index contributed by atoms with van der Waals surface area (Å²) >= 11 is 0. The van der Waals surface area contributed by atoms with Crippen LogP contribution < -0.4 is 25.3 Å². The minimum absolute atomic E-state index is 0.0638. The van der Waals surface area contributed by atoms with Crippen LogP contribution in [0.1, 0.15) is 18.4 Å². The van der Waals surface area contributed by atoms with E-state index in [1.807, 2.05) is 42.5 Å². The molecule has 35 heavy (non-hydrogen) atoms. The number of likely N-dealkylation sites (tertiary alicyclic amines) is 1. The second-order valence-corrected chi connectivity index (χ2v) is 8.89. The monoisotopic (exact) mass is 474 g/mol. The van der Waals surface area contributed by atoms with E-state index in [9.17, 15) is 4.79 Å². The van der Waals surface area contributed by atoms with Gasteiger partial charge in [-0.05, 0) is 61.3 Å². The van der Waals surface area contributed by atoms with E-state index in [2.05, 4.69) is 22.3 Å². The van der Waals surface area contributed by atoms with E-state index < -0.39 is 0 Å². The average molecular weight is 475 g/mol. The minimum Gasteiger partial charge on any atom is -0.486 e. The molecule has 2 aliphatic rings. The Balaban J connectivity index is 1.33. The van der Waals surface area contributed by atoms with Crippen molar-refractivity contribution in [2.75, 3.05) is 38.7 Å². The molecule has 182 valence electrons. The Morgan fingerprint density at radius 1 is 1.17 bits per heavy atom. The third-order valence-corrected chi connectivity index (χ3v) is 6.42. The van der Waals surface area contributed by atoms with Gasteiger partial charge < -0.3 is 25.3 Å². The number of para-hydroxylation sites is 1. The number of fused-ring (bicyclic) bond motifs is 1. The molecule has 1 saturated heterocycles. The van der Waals surface area contributed by atoms with E-state index in [0.29, 0.717) is 31.4 Å². The summed E-state index contributed by atoms with van der Waals surface area (Å²) in [7, 11) is 1.61. The molecule has 2 aliphatic heterocycles. The van der Waals surface area contributed by atoms with Crippen molar-refractivity contribution >= 4 is 17.3 Å². The maximum atomic E-state index is 11.6. The van der Waals surface area contributed by atoms with Crippen LogP contribution in [0.5, 0.6) is 17.4 Å². The van der Waals surface area contributed by atoms with Crippen LogP contribution in [0.15, 0.2) is 54.6 Å². The molecule has 1 amide bonds. The molecular formula is C27H30N4O4. The third-order valence-electron chi connectivity index (χ3n) is 6.42. The van der Waals surface area contributed by atoms with Crippen molar-refractivity contribution < 1.29 is 19.0 Å². The molecule has 0 bridgehead atoms. The number of amides is 1. The number of hydrogen-bond donors (Lipinski definition) is 2. The average Bonchev–Trinajstić information content (AvgIpc) is 2.89. The molecule has 2 aromatic carbocycles. The topological polar surface area (TPSA) is 98.9 Å². The number of nitrogens with two attached hydrogens (primary N) is 1. The van der Waals surface area contributed by atoms with Crippen molar-refractivity contribution in [3.63, 3.8) is 0 Å².